The number of hydrogen-bond acceptors (Lipinski definition) is 3. The molecule has 0 bridgehead atoms. The summed E-state index contributed by atoms with van der Waals surface area (Å²) in [5, 5.41) is 9.13. The number of aliphatic carboxylic acids is 1. The number of likely N-dealkylation sites (tertiary alicyclic amines) is 1. The Bertz CT molecular complexity index is 823. The molecule has 2 atom stereocenters. The van der Waals surface area contributed by atoms with Crippen LogP contribution in [0.15, 0.2) is 23.0 Å². The van der Waals surface area contributed by atoms with Crippen LogP contribution in [-0.2, 0) is 16.0 Å². The van der Waals surface area contributed by atoms with Gasteiger partial charge in [0.2, 0.25) is 5.91 Å². The summed E-state index contributed by atoms with van der Waals surface area (Å²) in [5.74, 6) is -1.27. The van der Waals surface area contributed by atoms with Gasteiger partial charge in [0.1, 0.15) is 0 Å². The van der Waals surface area contributed by atoms with Crippen LogP contribution in [0, 0.1) is 11.8 Å². The zero-order chi connectivity index (χ0) is 17.3. The molecule has 1 saturated heterocycles. The van der Waals surface area contributed by atoms with Crippen molar-refractivity contribution in [1.82, 2.24) is 14.9 Å². The number of amides is 1. The molecule has 1 fully saturated rings. The van der Waals surface area contributed by atoms with E-state index in [1.165, 1.54) is 0 Å². The van der Waals surface area contributed by atoms with E-state index >= 15 is 0 Å². The Morgan fingerprint density at radius 1 is 1.25 bits per heavy atom. The first-order valence-corrected chi connectivity index (χ1v) is 8.15. The lowest BCUT2D eigenvalue weighted by Crippen LogP contribution is -2.29. The number of carbonyl (C=O) groups is 2. The molecule has 128 valence electrons. The molecule has 0 saturated carbocycles. The van der Waals surface area contributed by atoms with Crippen molar-refractivity contribution in [1.29, 1.82) is 0 Å². The fourth-order valence-corrected chi connectivity index (χ4v) is 3.33. The van der Waals surface area contributed by atoms with E-state index in [4.69, 9.17) is 5.11 Å². The van der Waals surface area contributed by atoms with Crippen LogP contribution in [0.3, 0.4) is 0 Å². The lowest BCUT2D eigenvalue weighted by atomic mass is 9.99. The second kappa shape index (κ2) is 6.51. The molecule has 7 nitrogen and oxygen atoms in total. The molecule has 1 aliphatic rings. The van der Waals surface area contributed by atoms with Crippen molar-refractivity contribution < 1.29 is 14.7 Å². The maximum absolute atomic E-state index is 12.2. The summed E-state index contributed by atoms with van der Waals surface area (Å²) in [6.45, 7) is 2.71. The van der Waals surface area contributed by atoms with Gasteiger partial charge in [0.25, 0.3) is 0 Å². The van der Waals surface area contributed by atoms with E-state index in [1.807, 2.05) is 25.1 Å². The minimum Gasteiger partial charge on any atom is -0.481 e. The molecule has 2 heterocycles. The van der Waals surface area contributed by atoms with Gasteiger partial charge in [-0.1, -0.05) is 13.0 Å². The molecule has 0 unspecified atom stereocenters. The summed E-state index contributed by atoms with van der Waals surface area (Å²) in [6.07, 6.45) is 1.84. The summed E-state index contributed by atoms with van der Waals surface area (Å²) in [6, 6.07) is 5.70. The van der Waals surface area contributed by atoms with Crippen LogP contribution in [0.2, 0.25) is 0 Å². The Kier molecular flexibility index (Phi) is 4.42. The van der Waals surface area contributed by atoms with Crippen molar-refractivity contribution >= 4 is 22.9 Å². The molecular formula is C17H21N3O4. The molecule has 2 aromatic rings. The first-order chi connectivity index (χ1) is 11.4. The molecule has 3 N–H and O–H groups in total. The van der Waals surface area contributed by atoms with E-state index in [0.29, 0.717) is 25.9 Å². The normalized spacial score (nSPS) is 20.6. The van der Waals surface area contributed by atoms with Gasteiger partial charge in [-0.05, 0) is 36.5 Å². The van der Waals surface area contributed by atoms with Crippen molar-refractivity contribution in [2.24, 2.45) is 11.8 Å². The first kappa shape index (κ1) is 16.3. The van der Waals surface area contributed by atoms with Crippen LogP contribution < -0.4 is 5.69 Å². The number of aryl methyl sites for hydroxylation is 1. The van der Waals surface area contributed by atoms with Crippen molar-refractivity contribution in [3.63, 3.8) is 0 Å². The molecular weight excluding hydrogens is 310 g/mol. The average Bonchev–Trinajstić information content (AvgIpc) is 3.08. The number of aromatic amines is 2. The summed E-state index contributed by atoms with van der Waals surface area (Å²) in [4.78, 5) is 41.7. The highest BCUT2D eigenvalue weighted by Crippen LogP contribution is 2.24. The van der Waals surface area contributed by atoms with Crippen LogP contribution in [0.5, 0.6) is 0 Å². The highest BCUT2D eigenvalue weighted by atomic mass is 16.4. The van der Waals surface area contributed by atoms with Gasteiger partial charge < -0.3 is 20.0 Å². The van der Waals surface area contributed by atoms with Gasteiger partial charge in [-0.3, -0.25) is 9.59 Å². The number of aromatic nitrogens is 2. The predicted molar refractivity (Wildman–Crippen MR) is 88.7 cm³/mol. The van der Waals surface area contributed by atoms with Crippen molar-refractivity contribution in [2.45, 2.75) is 26.2 Å². The molecule has 7 heteroatoms. The van der Waals surface area contributed by atoms with Gasteiger partial charge in [0.05, 0.1) is 17.0 Å². The Labute approximate surface area is 138 Å². The number of benzene rings is 1. The number of carboxylic acid groups (broad SMARTS) is 1. The topological polar surface area (TPSA) is 106 Å². The third kappa shape index (κ3) is 3.34. The summed E-state index contributed by atoms with van der Waals surface area (Å²) in [5.41, 5.74) is 2.37. The Morgan fingerprint density at radius 2 is 2.00 bits per heavy atom. The van der Waals surface area contributed by atoms with Crippen LogP contribution in [0.4, 0.5) is 0 Å². The van der Waals surface area contributed by atoms with E-state index in [2.05, 4.69) is 9.97 Å². The van der Waals surface area contributed by atoms with Gasteiger partial charge in [0.15, 0.2) is 0 Å². The smallest absolute Gasteiger partial charge is 0.323 e. The molecule has 1 aromatic carbocycles. The summed E-state index contributed by atoms with van der Waals surface area (Å²) in [7, 11) is 0. The second-order valence-corrected chi connectivity index (χ2v) is 6.53. The van der Waals surface area contributed by atoms with Gasteiger partial charge >= 0.3 is 11.7 Å². The average molecular weight is 331 g/mol. The number of imidazole rings is 1. The molecule has 0 aliphatic carbocycles. The van der Waals surface area contributed by atoms with Crippen LogP contribution >= 0.6 is 0 Å². The van der Waals surface area contributed by atoms with E-state index in [0.717, 1.165) is 23.0 Å². The summed E-state index contributed by atoms with van der Waals surface area (Å²) < 4.78 is 0. The molecule has 3 rings (SSSR count). The Balaban J connectivity index is 1.53. The number of nitrogens with zero attached hydrogens (tertiary/aromatic N) is 1. The number of nitrogens with one attached hydrogen (secondary N) is 2. The Morgan fingerprint density at radius 3 is 2.71 bits per heavy atom. The van der Waals surface area contributed by atoms with Gasteiger partial charge in [-0.15, -0.1) is 0 Å². The van der Waals surface area contributed by atoms with Gasteiger partial charge in [0, 0.05) is 19.5 Å². The van der Waals surface area contributed by atoms with Gasteiger partial charge in [-0.2, -0.15) is 0 Å². The lowest BCUT2D eigenvalue weighted by Gasteiger charge is -2.15. The number of rotatable bonds is 5. The molecule has 1 amide bonds. The minimum atomic E-state index is -0.827. The van der Waals surface area contributed by atoms with Crippen molar-refractivity contribution in [3.05, 3.63) is 34.2 Å². The highest BCUT2D eigenvalue weighted by molar-refractivity contribution is 5.79. The fourth-order valence-electron chi connectivity index (χ4n) is 3.33. The quantitative estimate of drug-likeness (QED) is 0.769. The van der Waals surface area contributed by atoms with Crippen LogP contribution in [0.1, 0.15) is 25.3 Å². The van der Waals surface area contributed by atoms with Gasteiger partial charge in [-0.25, -0.2) is 4.79 Å². The third-order valence-corrected chi connectivity index (χ3v) is 4.72. The standard InChI is InChI=1S/C17H21N3O4/c1-10-8-20(9-12(10)16(22)23)15(21)4-2-3-11-5-6-13-14(7-11)19-17(24)18-13/h5-7,10,12H,2-4,8-9H2,1H3,(H,22,23)(H2,18,19,24)/t10-,12-/m1/s1. The maximum atomic E-state index is 12.2. The van der Waals surface area contributed by atoms with Crippen LogP contribution in [-0.4, -0.2) is 44.9 Å². The second-order valence-electron chi connectivity index (χ2n) is 6.53. The Hall–Kier alpha value is -2.57. The fraction of sp³-hybridized carbons (Fsp3) is 0.471. The number of carbonyl (C=O) groups excluding carboxylic acids is 1. The highest BCUT2D eigenvalue weighted by Gasteiger charge is 2.36. The number of carboxylic acids is 1. The van der Waals surface area contributed by atoms with E-state index in [1.54, 1.807) is 4.90 Å². The number of hydrogen-bond donors (Lipinski definition) is 3. The van der Waals surface area contributed by atoms with Crippen molar-refractivity contribution in [3.8, 4) is 0 Å². The minimum absolute atomic E-state index is 0.000674. The molecule has 0 spiro atoms. The third-order valence-electron chi connectivity index (χ3n) is 4.72. The molecule has 0 radical (unpaired) electrons. The molecule has 24 heavy (non-hydrogen) atoms. The monoisotopic (exact) mass is 331 g/mol. The number of H-pyrrole nitrogens is 2. The van der Waals surface area contributed by atoms with E-state index in [9.17, 15) is 14.4 Å². The zero-order valence-corrected chi connectivity index (χ0v) is 13.5. The number of fused-ring (bicyclic) bond motifs is 1. The van der Waals surface area contributed by atoms with E-state index < -0.39 is 11.9 Å². The van der Waals surface area contributed by atoms with Crippen molar-refractivity contribution in [2.75, 3.05) is 13.1 Å². The lowest BCUT2D eigenvalue weighted by molar-refractivity contribution is -0.142. The maximum Gasteiger partial charge on any atom is 0.323 e. The first-order valence-electron chi connectivity index (χ1n) is 8.15. The van der Waals surface area contributed by atoms with E-state index in [-0.39, 0.29) is 17.5 Å². The SMILES string of the molecule is C[C@@H]1CN(C(=O)CCCc2ccc3[nH]c(=O)[nH]c3c2)C[C@H]1C(=O)O. The molecule has 1 aliphatic heterocycles. The largest absolute Gasteiger partial charge is 0.481 e. The van der Waals surface area contributed by atoms with Crippen LogP contribution in [0.25, 0.3) is 11.0 Å². The molecule has 1 aromatic heterocycles. The zero-order valence-electron chi connectivity index (χ0n) is 13.5. The predicted octanol–water partition coefficient (Wildman–Crippen LogP) is 1.36. The summed E-state index contributed by atoms with van der Waals surface area (Å²) >= 11 is 0.